The van der Waals surface area contributed by atoms with Crippen LogP contribution in [0, 0.1) is 0 Å². The molecule has 2 aromatic rings. The molecule has 0 saturated carbocycles. The predicted octanol–water partition coefficient (Wildman–Crippen LogP) is 1.90. The van der Waals surface area contributed by atoms with Gasteiger partial charge in [0.05, 0.1) is 7.11 Å². The van der Waals surface area contributed by atoms with Gasteiger partial charge in [-0.1, -0.05) is 12.1 Å². The lowest BCUT2D eigenvalue weighted by Crippen LogP contribution is -2.19. The van der Waals surface area contributed by atoms with Crippen molar-refractivity contribution in [3.8, 4) is 11.5 Å². The molecule has 0 aliphatic carbocycles. The monoisotopic (exact) mass is 352 g/mol. The smallest absolute Gasteiger partial charge is 0.363 e. The molecule has 2 aromatic carbocycles. The number of hydrogen-bond acceptors (Lipinski definition) is 6. The van der Waals surface area contributed by atoms with Crippen LogP contribution in [0.3, 0.4) is 0 Å². The Bertz CT molecular complexity index is 883. The number of carbonyl (C=O) groups is 2. The number of benzene rings is 2. The molecular weight excluding hydrogens is 336 g/mol. The van der Waals surface area contributed by atoms with E-state index in [1.807, 2.05) is 0 Å². The molecule has 0 saturated heterocycles. The molecule has 0 aromatic heterocycles. The molecule has 7 nitrogen and oxygen atoms in total. The highest BCUT2D eigenvalue weighted by Gasteiger charge is 2.24. The van der Waals surface area contributed by atoms with E-state index in [4.69, 9.17) is 19.9 Å². The Morgan fingerprint density at radius 1 is 1.12 bits per heavy atom. The molecule has 0 atom stereocenters. The van der Waals surface area contributed by atoms with Crippen LogP contribution in [0.1, 0.15) is 11.1 Å². The van der Waals surface area contributed by atoms with Crippen LogP contribution in [-0.4, -0.2) is 31.5 Å². The van der Waals surface area contributed by atoms with E-state index in [9.17, 15) is 9.59 Å². The van der Waals surface area contributed by atoms with E-state index in [1.165, 1.54) is 0 Å². The molecule has 132 valence electrons. The molecule has 1 heterocycles. The standard InChI is InChI=1S/C19H16N2O5/c1-24-14-8-4-13(5-9-14)18-21-16(19(23)26-18)10-12-2-6-15(7-3-12)25-11-17(20)22/h2-10H,11H2,1H3,(H2,20,22)/b16-10-. The summed E-state index contributed by atoms with van der Waals surface area (Å²) in [6.07, 6.45) is 1.61. The molecule has 0 unspecified atom stereocenters. The van der Waals surface area contributed by atoms with Crippen molar-refractivity contribution in [1.82, 2.24) is 0 Å². The summed E-state index contributed by atoms with van der Waals surface area (Å²) in [6, 6.07) is 13.9. The summed E-state index contributed by atoms with van der Waals surface area (Å²) in [6.45, 7) is -0.192. The van der Waals surface area contributed by atoms with Crippen LogP contribution in [0.15, 0.2) is 59.2 Å². The number of esters is 1. The van der Waals surface area contributed by atoms with Gasteiger partial charge in [0.25, 0.3) is 5.91 Å². The van der Waals surface area contributed by atoms with Crippen molar-refractivity contribution >= 4 is 23.9 Å². The lowest BCUT2D eigenvalue weighted by molar-refractivity contribution is -0.130. The van der Waals surface area contributed by atoms with Crippen LogP contribution in [0.4, 0.5) is 0 Å². The zero-order valence-electron chi connectivity index (χ0n) is 14.0. The first-order valence-corrected chi connectivity index (χ1v) is 7.73. The highest BCUT2D eigenvalue weighted by Crippen LogP contribution is 2.21. The maximum atomic E-state index is 12.0. The molecule has 2 N–H and O–H groups in total. The van der Waals surface area contributed by atoms with E-state index in [0.29, 0.717) is 17.1 Å². The van der Waals surface area contributed by atoms with Crippen molar-refractivity contribution in [1.29, 1.82) is 0 Å². The number of nitrogens with two attached hydrogens (primary N) is 1. The second-order valence-electron chi connectivity index (χ2n) is 5.39. The van der Waals surface area contributed by atoms with Gasteiger partial charge >= 0.3 is 5.97 Å². The SMILES string of the molecule is COc1ccc(C2=N/C(=C\c3ccc(OCC(N)=O)cc3)C(=O)O2)cc1. The summed E-state index contributed by atoms with van der Waals surface area (Å²) >= 11 is 0. The van der Waals surface area contributed by atoms with Crippen molar-refractivity contribution < 1.29 is 23.8 Å². The highest BCUT2D eigenvalue weighted by atomic mass is 16.6. The summed E-state index contributed by atoms with van der Waals surface area (Å²) in [4.78, 5) is 27.0. The number of amides is 1. The lowest BCUT2D eigenvalue weighted by atomic mass is 10.2. The van der Waals surface area contributed by atoms with Gasteiger partial charge in [-0.3, -0.25) is 4.79 Å². The van der Waals surface area contributed by atoms with Gasteiger partial charge in [-0.2, -0.15) is 0 Å². The molecule has 1 aliphatic rings. The Hall–Kier alpha value is -3.61. The summed E-state index contributed by atoms with van der Waals surface area (Å²) in [7, 11) is 1.58. The quantitative estimate of drug-likeness (QED) is 0.632. The highest BCUT2D eigenvalue weighted by molar-refractivity contribution is 6.12. The molecule has 0 fully saturated rings. The third-order valence-electron chi connectivity index (χ3n) is 3.52. The Labute approximate surface area is 149 Å². The van der Waals surface area contributed by atoms with Crippen LogP contribution in [0.25, 0.3) is 6.08 Å². The van der Waals surface area contributed by atoms with Crippen molar-refractivity contribution in [2.45, 2.75) is 0 Å². The second kappa shape index (κ2) is 7.52. The zero-order chi connectivity index (χ0) is 18.5. The number of nitrogens with zero attached hydrogens (tertiary/aromatic N) is 1. The first kappa shape index (κ1) is 17.2. The van der Waals surface area contributed by atoms with Crippen LogP contribution >= 0.6 is 0 Å². The second-order valence-corrected chi connectivity index (χ2v) is 5.39. The summed E-state index contributed by atoms with van der Waals surface area (Å²) in [5.41, 5.74) is 6.64. The van der Waals surface area contributed by atoms with E-state index >= 15 is 0 Å². The Balaban J connectivity index is 1.76. The van der Waals surface area contributed by atoms with Gasteiger partial charge in [-0.05, 0) is 48.0 Å². The van der Waals surface area contributed by atoms with E-state index in [2.05, 4.69) is 4.99 Å². The number of methoxy groups -OCH3 is 1. The van der Waals surface area contributed by atoms with Crippen molar-refractivity contribution in [3.05, 3.63) is 65.4 Å². The molecule has 3 rings (SSSR count). The number of cyclic esters (lactones) is 1. The molecule has 0 radical (unpaired) electrons. The van der Waals surface area contributed by atoms with Crippen LogP contribution in [-0.2, 0) is 14.3 Å². The fourth-order valence-electron chi connectivity index (χ4n) is 2.24. The van der Waals surface area contributed by atoms with Gasteiger partial charge in [0.15, 0.2) is 12.3 Å². The van der Waals surface area contributed by atoms with Crippen LogP contribution < -0.4 is 15.2 Å². The van der Waals surface area contributed by atoms with E-state index in [1.54, 1.807) is 61.7 Å². The number of aliphatic imine (C=N–C) groups is 1. The first-order valence-electron chi connectivity index (χ1n) is 7.73. The minimum absolute atomic E-state index is 0.192. The fraction of sp³-hybridized carbons (Fsp3) is 0.105. The lowest BCUT2D eigenvalue weighted by Gasteiger charge is -2.03. The topological polar surface area (TPSA) is 100 Å². The average Bonchev–Trinajstić information content (AvgIpc) is 3.01. The first-order chi connectivity index (χ1) is 12.5. The zero-order valence-corrected chi connectivity index (χ0v) is 14.0. The predicted molar refractivity (Wildman–Crippen MR) is 94.7 cm³/mol. The normalized spacial score (nSPS) is 14.7. The largest absolute Gasteiger partial charge is 0.497 e. The molecule has 0 bridgehead atoms. The van der Waals surface area contributed by atoms with Gasteiger partial charge in [0.1, 0.15) is 11.5 Å². The fourth-order valence-corrected chi connectivity index (χ4v) is 2.24. The summed E-state index contributed by atoms with van der Waals surface area (Å²) in [5, 5.41) is 0. The average molecular weight is 352 g/mol. The number of rotatable bonds is 6. The third kappa shape index (κ3) is 4.07. The van der Waals surface area contributed by atoms with E-state index in [-0.39, 0.29) is 18.2 Å². The Kier molecular flexibility index (Phi) is 4.98. The van der Waals surface area contributed by atoms with Crippen LogP contribution in [0.2, 0.25) is 0 Å². The summed E-state index contributed by atoms with van der Waals surface area (Å²) < 4.78 is 15.5. The number of primary amides is 1. The third-order valence-corrected chi connectivity index (χ3v) is 3.52. The van der Waals surface area contributed by atoms with Crippen molar-refractivity contribution in [2.24, 2.45) is 10.7 Å². The van der Waals surface area contributed by atoms with E-state index < -0.39 is 11.9 Å². The Morgan fingerprint density at radius 3 is 2.38 bits per heavy atom. The number of carbonyl (C=O) groups excluding carboxylic acids is 2. The minimum Gasteiger partial charge on any atom is -0.497 e. The number of ether oxygens (including phenoxy) is 3. The molecule has 26 heavy (non-hydrogen) atoms. The van der Waals surface area contributed by atoms with Gasteiger partial charge < -0.3 is 19.9 Å². The van der Waals surface area contributed by atoms with Crippen molar-refractivity contribution in [3.63, 3.8) is 0 Å². The van der Waals surface area contributed by atoms with Gasteiger partial charge in [-0.25, -0.2) is 9.79 Å². The molecule has 1 aliphatic heterocycles. The van der Waals surface area contributed by atoms with Gasteiger partial charge in [0.2, 0.25) is 5.90 Å². The minimum atomic E-state index is -0.551. The molecule has 1 amide bonds. The van der Waals surface area contributed by atoms with Gasteiger partial charge in [0, 0.05) is 5.56 Å². The van der Waals surface area contributed by atoms with Crippen LogP contribution in [0.5, 0.6) is 11.5 Å². The Morgan fingerprint density at radius 2 is 1.77 bits per heavy atom. The summed E-state index contributed by atoms with van der Waals surface area (Å²) in [5.74, 6) is 0.371. The number of hydrogen-bond donors (Lipinski definition) is 1. The molecule has 0 spiro atoms. The molecule has 7 heteroatoms. The maximum Gasteiger partial charge on any atom is 0.363 e. The maximum absolute atomic E-state index is 12.0. The molecular formula is C19H16N2O5. The van der Waals surface area contributed by atoms with Gasteiger partial charge in [-0.15, -0.1) is 0 Å². The van der Waals surface area contributed by atoms with E-state index in [0.717, 1.165) is 5.56 Å². The van der Waals surface area contributed by atoms with Crippen molar-refractivity contribution in [2.75, 3.05) is 13.7 Å².